The van der Waals surface area contributed by atoms with Crippen LogP contribution >= 0.6 is 0 Å². The van der Waals surface area contributed by atoms with Gasteiger partial charge in [0.25, 0.3) is 0 Å². The van der Waals surface area contributed by atoms with Crippen LogP contribution in [0.1, 0.15) is 48.2 Å². The Kier molecular flexibility index (Phi) is 6.24. The molecule has 4 nitrogen and oxygen atoms in total. The Morgan fingerprint density at radius 2 is 2.00 bits per heavy atom. The predicted octanol–water partition coefficient (Wildman–Crippen LogP) is 5.85. The van der Waals surface area contributed by atoms with E-state index < -0.39 is 23.6 Å². The van der Waals surface area contributed by atoms with Gasteiger partial charge in [0, 0.05) is 34.3 Å². The van der Waals surface area contributed by atoms with Crippen molar-refractivity contribution >= 4 is 22.9 Å². The minimum Gasteiger partial charge on any atom is -0.478 e. The maximum absolute atomic E-state index is 15.4. The smallest absolute Gasteiger partial charge is 0.328 e. The van der Waals surface area contributed by atoms with Crippen molar-refractivity contribution < 1.29 is 18.7 Å². The Labute approximate surface area is 185 Å². The third-order valence-corrected chi connectivity index (χ3v) is 6.14. The molecule has 1 aliphatic heterocycles. The van der Waals surface area contributed by atoms with E-state index in [1.165, 1.54) is 18.2 Å². The fraction of sp³-hybridized carbons (Fsp3) is 0.269. The van der Waals surface area contributed by atoms with Gasteiger partial charge >= 0.3 is 5.97 Å². The fourth-order valence-electron chi connectivity index (χ4n) is 4.71. The summed E-state index contributed by atoms with van der Waals surface area (Å²) in [7, 11) is 0. The third-order valence-electron chi connectivity index (χ3n) is 6.14. The topological polar surface area (TPSA) is 56.3 Å². The van der Waals surface area contributed by atoms with Gasteiger partial charge in [0.15, 0.2) is 0 Å². The number of carboxylic acids is 1. The molecule has 0 radical (unpaired) electrons. The molecule has 0 saturated carbocycles. The lowest BCUT2D eigenvalue weighted by molar-refractivity contribution is -0.131. The lowest BCUT2D eigenvalue weighted by Gasteiger charge is -2.41. The highest BCUT2D eigenvalue weighted by molar-refractivity contribution is 5.86. The minimum absolute atomic E-state index is 0.0181. The summed E-state index contributed by atoms with van der Waals surface area (Å²) in [4.78, 5) is 16.4. The van der Waals surface area contributed by atoms with Crippen LogP contribution in [0.2, 0.25) is 0 Å². The van der Waals surface area contributed by atoms with Gasteiger partial charge in [-0.1, -0.05) is 24.3 Å². The summed E-state index contributed by atoms with van der Waals surface area (Å²) in [6.45, 7) is 6.54. The van der Waals surface area contributed by atoms with Crippen molar-refractivity contribution in [2.24, 2.45) is 0 Å². The van der Waals surface area contributed by atoms with Crippen molar-refractivity contribution in [1.29, 1.82) is 0 Å². The zero-order chi connectivity index (χ0) is 22.8. The van der Waals surface area contributed by atoms with E-state index in [2.05, 4.69) is 23.4 Å². The molecule has 0 bridgehead atoms. The number of allylic oxidation sites excluding steroid dienone is 1. The first-order valence-electron chi connectivity index (χ1n) is 10.8. The molecule has 32 heavy (non-hydrogen) atoms. The minimum atomic E-state index is -1.17. The number of H-pyrrole nitrogens is 1. The molecule has 2 aromatic carbocycles. The van der Waals surface area contributed by atoms with Crippen LogP contribution in [0.25, 0.3) is 17.0 Å². The molecule has 1 aromatic heterocycles. The van der Waals surface area contributed by atoms with Gasteiger partial charge in [-0.2, -0.15) is 0 Å². The first kappa shape index (κ1) is 22.0. The maximum atomic E-state index is 15.4. The van der Waals surface area contributed by atoms with Gasteiger partial charge < -0.3 is 10.1 Å². The Bertz CT molecular complexity index is 1170. The Morgan fingerprint density at radius 3 is 2.69 bits per heavy atom. The number of benzene rings is 2. The second-order valence-electron chi connectivity index (χ2n) is 8.26. The summed E-state index contributed by atoms with van der Waals surface area (Å²) < 4.78 is 30.8. The summed E-state index contributed by atoms with van der Waals surface area (Å²) >= 11 is 0. The third kappa shape index (κ3) is 4.10. The van der Waals surface area contributed by atoms with Crippen molar-refractivity contribution in [3.8, 4) is 0 Å². The zero-order valence-corrected chi connectivity index (χ0v) is 17.9. The van der Waals surface area contributed by atoms with E-state index in [-0.39, 0.29) is 17.2 Å². The molecule has 3 aromatic rings. The number of para-hydroxylation sites is 1. The molecular weight excluding hydrogens is 410 g/mol. The molecule has 0 saturated heterocycles. The van der Waals surface area contributed by atoms with Crippen LogP contribution in [0.5, 0.6) is 0 Å². The molecule has 6 heteroatoms. The molecule has 2 N–H and O–H groups in total. The van der Waals surface area contributed by atoms with Gasteiger partial charge in [-0.15, -0.1) is 6.58 Å². The van der Waals surface area contributed by atoms with Gasteiger partial charge in [-0.05, 0) is 68.1 Å². The van der Waals surface area contributed by atoms with Crippen LogP contribution in [0.4, 0.5) is 8.78 Å². The number of nitrogens with zero attached hydrogens (tertiary/aromatic N) is 1. The fourth-order valence-corrected chi connectivity index (χ4v) is 4.71. The molecule has 0 spiro atoms. The summed E-state index contributed by atoms with van der Waals surface area (Å²) in [5.74, 6) is -2.55. The number of halogens is 2. The average Bonchev–Trinajstić information content (AvgIpc) is 3.11. The molecule has 0 fully saturated rings. The number of aliphatic carboxylic acids is 1. The van der Waals surface area contributed by atoms with Gasteiger partial charge in [0.05, 0.1) is 6.04 Å². The van der Waals surface area contributed by atoms with E-state index in [0.29, 0.717) is 6.54 Å². The Hall–Kier alpha value is -3.25. The van der Waals surface area contributed by atoms with E-state index in [1.807, 2.05) is 30.3 Å². The van der Waals surface area contributed by atoms with Crippen LogP contribution in [-0.4, -0.2) is 33.5 Å². The summed E-state index contributed by atoms with van der Waals surface area (Å²) in [5, 5.41) is 9.90. The van der Waals surface area contributed by atoms with E-state index >= 15 is 8.78 Å². The van der Waals surface area contributed by atoms with Crippen molar-refractivity contribution in [1.82, 2.24) is 9.88 Å². The van der Waals surface area contributed by atoms with Gasteiger partial charge in [0.2, 0.25) is 0 Å². The average molecular weight is 437 g/mol. The van der Waals surface area contributed by atoms with Crippen LogP contribution in [0.3, 0.4) is 0 Å². The van der Waals surface area contributed by atoms with Crippen LogP contribution in [0.15, 0.2) is 55.1 Å². The summed E-state index contributed by atoms with van der Waals surface area (Å²) in [5.41, 5.74) is 3.01. The highest BCUT2D eigenvalue weighted by Crippen LogP contribution is 2.42. The van der Waals surface area contributed by atoms with Crippen LogP contribution in [-0.2, 0) is 11.2 Å². The molecule has 0 unspecified atom stereocenters. The highest BCUT2D eigenvalue weighted by Gasteiger charge is 2.38. The zero-order valence-electron chi connectivity index (χ0n) is 17.9. The van der Waals surface area contributed by atoms with E-state index in [1.54, 1.807) is 0 Å². The normalized spacial score (nSPS) is 18.8. The number of nitrogens with one attached hydrogen (secondary N) is 1. The highest BCUT2D eigenvalue weighted by atomic mass is 19.1. The van der Waals surface area contributed by atoms with E-state index in [9.17, 15) is 4.79 Å². The van der Waals surface area contributed by atoms with Crippen LogP contribution in [0, 0.1) is 11.6 Å². The van der Waals surface area contributed by atoms with Crippen LogP contribution < -0.4 is 0 Å². The van der Waals surface area contributed by atoms with Gasteiger partial charge in [0.1, 0.15) is 11.6 Å². The SMILES string of the molecule is C=CCCCN1[C@@H](c2c(F)cc(/C=C/C(=O)O)cc2F)c2[nH]c3ccccc3c2C[C@H]1C. The first-order valence-corrected chi connectivity index (χ1v) is 10.8. The number of unbranched alkanes of at least 4 members (excludes halogenated alkanes) is 1. The second kappa shape index (κ2) is 9.09. The van der Waals surface area contributed by atoms with Crippen molar-refractivity contribution in [2.45, 2.75) is 38.3 Å². The number of fused-ring (bicyclic) bond motifs is 3. The maximum Gasteiger partial charge on any atom is 0.328 e. The molecule has 1 aliphatic rings. The second-order valence-corrected chi connectivity index (χ2v) is 8.26. The van der Waals surface area contributed by atoms with Crippen molar-refractivity contribution in [3.63, 3.8) is 0 Å². The van der Waals surface area contributed by atoms with Gasteiger partial charge in [-0.25, -0.2) is 13.6 Å². The van der Waals surface area contributed by atoms with E-state index in [0.717, 1.165) is 47.5 Å². The number of aromatic amines is 1. The van der Waals surface area contributed by atoms with Crippen molar-refractivity contribution in [2.75, 3.05) is 6.54 Å². The molecular formula is C26H26F2N2O2. The monoisotopic (exact) mass is 436 g/mol. The summed E-state index contributed by atoms with van der Waals surface area (Å²) in [6.07, 6.45) is 6.35. The molecule has 0 aliphatic carbocycles. The number of carboxylic acid groups (broad SMARTS) is 1. The molecule has 4 rings (SSSR count). The molecule has 2 atom stereocenters. The number of aromatic nitrogens is 1. The van der Waals surface area contributed by atoms with Crippen molar-refractivity contribution in [3.05, 3.63) is 89.1 Å². The standard InChI is InChI=1S/C26H26F2N2O2/c1-3-4-7-12-30-16(2)13-19-18-8-5-6-9-22(18)29-25(19)26(30)24-20(27)14-17(15-21(24)28)10-11-23(31)32/h3,5-6,8-11,14-16,26,29H,1,4,7,12-13H2,2H3,(H,31,32)/b11-10+/t16-,26+/m1/s1. The number of rotatable bonds is 7. The number of hydrogen-bond donors (Lipinski definition) is 2. The first-order chi connectivity index (χ1) is 15.4. The predicted molar refractivity (Wildman–Crippen MR) is 122 cm³/mol. The summed E-state index contributed by atoms with van der Waals surface area (Å²) in [6, 6.07) is 9.79. The van der Waals surface area contributed by atoms with E-state index in [4.69, 9.17) is 5.11 Å². The quantitative estimate of drug-likeness (QED) is 0.278. The van der Waals surface area contributed by atoms with Gasteiger partial charge in [-0.3, -0.25) is 4.90 Å². The number of carbonyl (C=O) groups is 1. The Balaban J connectivity index is 1.86. The lowest BCUT2D eigenvalue weighted by atomic mass is 9.87. The Morgan fingerprint density at radius 1 is 1.28 bits per heavy atom. The lowest BCUT2D eigenvalue weighted by Crippen LogP contribution is -2.43. The molecule has 0 amide bonds. The molecule has 166 valence electrons. The largest absolute Gasteiger partial charge is 0.478 e. The number of hydrogen-bond acceptors (Lipinski definition) is 2. The molecule has 2 heterocycles.